The topological polar surface area (TPSA) is 17.8 Å². The van der Waals surface area contributed by atoms with Gasteiger partial charge in [-0.25, -0.2) is 0 Å². The van der Waals surface area contributed by atoms with Crippen molar-refractivity contribution in [3.8, 4) is 11.1 Å². The zero-order valence-corrected chi connectivity index (χ0v) is 11.8. The lowest BCUT2D eigenvalue weighted by Crippen LogP contribution is -1.96. The highest BCUT2D eigenvalue weighted by Gasteiger charge is 2.11. The molecule has 0 spiro atoms. The number of aryl methyl sites for hydroxylation is 2. The molecule has 3 rings (SSSR count). The van der Waals surface area contributed by atoms with Crippen LogP contribution in [-0.2, 0) is 13.5 Å². The molecule has 1 aromatic carbocycles. The highest BCUT2D eigenvalue weighted by molar-refractivity contribution is 14.1. The molecular weight excluding hydrogens is 323 g/mol. The van der Waals surface area contributed by atoms with E-state index in [2.05, 4.69) is 58.2 Å². The van der Waals surface area contributed by atoms with E-state index in [1.165, 1.54) is 25.8 Å². The lowest BCUT2D eigenvalue weighted by atomic mass is 9.94. The fraction of sp³-hybridized carbons (Fsp3) is 0.214. The summed E-state index contributed by atoms with van der Waals surface area (Å²) in [5.74, 6) is 0. The van der Waals surface area contributed by atoms with E-state index in [1.54, 1.807) is 0 Å². The van der Waals surface area contributed by atoms with E-state index in [-0.39, 0.29) is 0 Å². The smallest absolute Gasteiger partial charge is 0.0568 e. The van der Waals surface area contributed by atoms with Gasteiger partial charge in [-0.3, -0.25) is 4.68 Å². The van der Waals surface area contributed by atoms with Gasteiger partial charge in [0.25, 0.3) is 0 Å². The van der Waals surface area contributed by atoms with Crippen LogP contribution >= 0.6 is 22.6 Å². The fourth-order valence-corrected chi connectivity index (χ4v) is 3.09. The maximum absolute atomic E-state index is 4.22. The Morgan fingerprint density at radius 3 is 2.94 bits per heavy atom. The molecule has 0 saturated carbocycles. The third-order valence-corrected chi connectivity index (χ3v) is 4.16. The molecule has 1 heterocycles. The van der Waals surface area contributed by atoms with Crippen LogP contribution in [0.2, 0.25) is 0 Å². The molecule has 2 nitrogen and oxygen atoms in total. The van der Waals surface area contributed by atoms with Crippen LogP contribution in [0, 0.1) is 0 Å². The van der Waals surface area contributed by atoms with Crippen LogP contribution in [0.3, 0.4) is 0 Å². The summed E-state index contributed by atoms with van der Waals surface area (Å²) >= 11 is 2.42. The molecule has 0 fully saturated rings. The fourth-order valence-electron chi connectivity index (χ4n) is 2.25. The molecule has 0 bridgehead atoms. The molecule has 17 heavy (non-hydrogen) atoms. The van der Waals surface area contributed by atoms with E-state index in [1.807, 2.05) is 17.9 Å². The summed E-state index contributed by atoms with van der Waals surface area (Å²) in [7, 11) is 1.95. The highest BCUT2D eigenvalue weighted by atomic mass is 127. The van der Waals surface area contributed by atoms with Crippen LogP contribution in [0.15, 0.2) is 36.7 Å². The third-order valence-electron chi connectivity index (χ3n) is 3.14. The summed E-state index contributed by atoms with van der Waals surface area (Å²) in [5, 5.41) is 4.22. The van der Waals surface area contributed by atoms with E-state index in [9.17, 15) is 0 Å². The van der Waals surface area contributed by atoms with Crippen molar-refractivity contribution in [3.05, 3.63) is 47.8 Å². The number of benzene rings is 1. The maximum atomic E-state index is 4.22. The minimum atomic E-state index is 1.15. The SMILES string of the molecule is Cn1cc(-c2ccc3c(c2)CCC=C3I)cn1. The maximum Gasteiger partial charge on any atom is 0.0568 e. The Hall–Kier alpha value is -1.10. The quantitative estimate of drug-likeness (QED) is 0.724. The molecule has 0 N–H and O–H groups in total. The van der Waals surface area contributed by atoms with Gasteiger partial charge in [-0.15, -0.1) is 0 Å². The summed E-state index contributed by atoms with van der Waals surface area (Å²) < 4.78 is 3.22. The van der Waals surface area contributed by atoms with Crippen molar-refractivity contribution in [3.63, 3.8) is 0 Å². The Bertz CT molecular complexity index is 596. The number of rotatable bonds is 1. The van der Waals surface area contributed by atoms with Gasteiger partial charge in [-0.2, -0.15) is 5.10 Å². The lowest BCUT2D eigenvalue weighted by molar-refractivity contribution is 0.768. The second-order valence-electron chi connectivity index (χ2n) is 4.37. The van der Waals surface area contributed by atoms with Crippen molar-refractivity contribution >= 4 is 26.2 Å². The molecule has 0 unspecified atom stereocenters. The number of fused-ring (bicyclic) bond motifs is 1. The third kappa shape index (κ3) is 2.04. The highest BCUT2D eigenvalue weighted by Crippen LogP contribution is 2.33. The van der Waals surface area contributed by atoms with Gasteiger partial charge in [0.1, 0.15) is 0 Å². The van der Waals surface area contributed by atoms with Crippen LogP contribution in [0.5, 0.6) is 0 Å². The van der Waals surface area contributed by atoms with Crippen molar-refractivity contribution in [1.82, 2.24) is 9.78 Å². The van der Waals surface area contributed by atoms with Gasteiger partial charge in [-0.05, 0) is 52.1 Å². The standard InChI is InChI=1S/C14H13IN2/c1-17-9-12(8-16-17)10-5-6-13-11(7-10)3-2-4-14(13)15/h4-9H,2-3H2,1H3. The number of aromatic nitrogens is 2. The molecule has 0 atom stereocenters. The number of allylic oxidation sites excluding steroid dienone is 1. The Kier molecular flexibility index (Phi) is 2.78. The molecule has 1 aliphatic carbocycles. The molecule has 0 aliphatic heterocycles. The van der Waals surface area contributed by atoms with E-state index in [0.717, 1.165) is 12.8 Å². The van der Waals surface area contributed by atoms with E-state index in [0.29, 0.717) is 0 Å². The van der Waals surface area contributed by atoms with Crippen LogP contribution < -0.4 is 0 Å². The molecule has 1 aliphatic rings. The zero-order chi connectivity index (χ0) is 11.8. The molecule has 86 valence electrons. The first-order valence-electron chi connectivity index (χ1n) is 5.72. The molecule has 1 aromatic heterocycles. The Labute approximate surface area is 114 Å². The first kappa shape index (κ1) is 11.0. The molecular formula is C14H13IN2. The first-order valence-corrected chi connectivity index (χ1v) is 6.80. The van der Waals surface area contributed by atoms with E-state index >= 15 is 0 Å². The molecule has 0 saturated heterocycles. The monoisotopic (exact) mass is 336 g/mol. The summed E-state index contributed by atoms with van der Waals surface area (Å²) in [6, 6.07) is 6.72. The molecule has 3 heteroatoms. The van der Waals surface area contributed by atoms with Crippen molar-refractivity contribution < 1.29 is 0 Å². The minimum Gasteiger partial charge on any atom is -0.275 e. The minimum absolute atomic E-state index is 1.15. The van der Waals surface area contributed by atoms with Gasteiger partial charge in [-0.1, -0.05) is 24.3 Å². The van der Waals surface area contributed by atoms with E-state index < -0.39 is 0 Å². The summed E-state index contributed by atoms with van der Waals surface area (Å²) in [6.45, 7) is 0. The van der Waals surface area contributed by atoms with E-state index in [4.69, 9.17) is 0 Å². The Morgan fingerprint density at radius 1 is 1.29 bits per heavy atom. The number of hydrogen-bond acceptors (Lipinski definition) is 1. The largest absolute Gasteiger partial charge is 0.275 e. The predicted molar refractivity (Wildman–Crippen MR) is 79.0 cm³/mol. The predicted octanol–water partition coefficient (Wildman–Crippen LogP) is 3.81. The number of hydrogen-bond donors (Lipinski definition) is 0. The average Bonchev–Trinajstić information content (AvgIpc) is 2.76. The van der Waals surface area contributed by atoms with Gasteiger partial charge < -0.3 is 0 Å². The van der Waals surface area contributed by atoms with Crippen LogP contribution in [0.4, 0.5) is 0 Å². The van der Waals surface area contributed by atoms with Gasteiger partial charge in [0.2, 0.25) is 0 Å². The molecule has 0 radical (unpaired) electrons. The number of halogens is 1. The summed E-state index contributed by atoms with van der Waals surface area (Å²) in [4.78, 5) is 0. The van der Waals surface area contributed by atoms with Crippen LogP contribution in [-0.4, -0.2) is 9.78 Å². The van der Waals surface area contributed by atoms with Crippen molar-refractivity contribution in [2.45, 2.75) is 12.8 Å². The summed E-state index contributed by atoms with van der Waals surface area (Å²) in [6.07, 6.45) is 8.60. The van der Waals surface area contributed by atoms with Crippen LogP contribution in [0.1, 0.15) is 17.5 Å². The summed E-state index contributed by atoms with van der Waals surface area (Å²) in [5.41, 5.74) is 5.31. The van der Waals surface area contributed by atoms with Gasteiger partial charge in [0.15, 0.2) is 0 Å². The second kappa shape index (κ2) is 4.29. The van der Waals surface area contributed by atoms with Crippen molar-refractivity contribution in [1.29, 1.82) is 0 Å². The second-order valence-corrected chi connectivity index (χ2v) is 5.53. The van der Waals surface area contributed by atoms with Crippen molar-refractivity contribution in [2.75, 3.05) is 0 Å². The normalized spacial score (nSPS) is 14.4. The van der Waals surface area contributed by atoms with Gasteiger partial charge in [0.05, 0.1) is 6.20 Å². The molecule has 0 amide bonds. The average molecular weight is 336 g/mol. The number of nitrogens with zero attached hydrogens (tertiary/aromatic N) is 2. The van der Waals surface area contributed by atoms with Crippen LogP contribution in [0.25, 0.3) is 14.7 Å². The lowest BCUT2D eigenvalue weighted by Gasteiger charge is -2.14. The Balaban J connectivity index is 2.07. The Morgan fingerprint density at radius 2 is 2.18 bits per heavy atom. The van der Waals surface area contributed by atoms with Crippen molar-refractivity contribution in [2.24, 2.45) is 7.05 Å². The van der Waals surface area contributed by atoms with Gasteiger partial charge >= 0.3 is 0 Å². The first-order chi connectivity index (χ1) is 8.24. The zero-order valence-electron chi connectivity index (χ0n) is 9.65. The van der Waals surface area contributed by atoms with Gasteiger partial charge in [0, 0.05) is 22.4 Å². The molecule has 2 aromatic rings.